The van der Waals surface area contributed by atoms with Crippen LogP contribution in [0.1, 0.15) is 194 Å². The molecule has 1 rings (SSSR count). The van der Waals surface area contributed by atoms with Gasteiger partial charge in [-0.3, -0.25) is 9.59 Å². The topological polar surface area (TPSA) is 52.6 Å². The second-order valence-electron chi connectivity index (χ2n) is 15.9. The van der Waals surface area contributed by atoms with Crippen LogP contribution in [0.4, 0.5) is 0 Å². The molecule has 49 heavy (non-hydrogen) atoms. The molecule has 0 spiro atoms. The molecule has 0 bridgehead atoms. The average Bonchev–Trinajstić information content (AvgIpc) is 3.39. The van der Waals surface area contributed by atoms with E-state index in [0.29, 0.717) is 26.1 Å². The SMILES string of the molecule is CCCCCCCCC=CCCCCCCCC(=O)OCC1C[N+](C)(C)C[C@H]1COC(=O)CCCCCCCC=CCCCCCCCC. The number of carbonyl (C=O) groups is 2. The largest absolute Gasteiger partial charge is 0.465 e. The molecule has 0 aliphatic carbocycles. The third kappa shape index (κ3) is 28.7. The third-order valence-corrected chi connectivity index (χ3v) is 10.3. The molecule has 1 aliphatic rings. The number of ether oxygens (including phenoxy) is 2. The van der Waals surface area contributed by atoms with Gasteiger partial charge < -0.3 is 14.0 Å². The zero-order chi connectivity index (χ0) is 35.7. The first kappa shape index (κ1) is 45.4. The molecular formula is C44H82NO4+. The zero-order valence-electron chi connectivity index (χ0n) is 33.2. The van der Waals surface area contributed by atoms with Crippen LogP contribution in [0.2, 0.25) is 0 Å². The van der Waals surface area contributed by atoms with E-state index in [4.69, 9.17) is 9.47 Å². The van der Waals surface area contributed by atoms with Crippen LogP contribution >= 0.6 is 0 Å². The van der Waals surface area contributed by atoms with Gasteiger partial charge in [0.05, 0.1) is 39.0 Å². The van der Waals surface area contributed by atoms with E-state index in [1.807, 2.05) is 0 Å². The Morgan fingerprint density at radius 3 is 1.08 bits per heavy atom. The maximum absolute atomic E-state index is 12.5. The molecule has 0 N–H and O–H groups in total. The lowest BCUT2D eigenvalue weighted by Gasteiger charge is -2.23. The van der Waals surface area contributed by atoms with Crippen molar-refractivity contribution in [3.8, 4) is 0 Å². The summed E-state index contributed by atoms with van der Waals surface area (Å²) in [5.74, 6) is 0.353. The summed E-state index contributed by atoms with van der Waals surface area (Å²) in [7, 11) is 4.43. The zero-order valence-corrected chi connectivity index (χ0v) is 33.2. The second-order valence-corrected chi connectivity index (χ2v) is 15.9. The number of hydrogen-bond donors (Lipinski definition) is 0. The average molecular weight is 689 g/mol. The number of rotatable bonds is 34. The molecule has 1 heterocycles. The van der Waals surface area contributed by atoms with E-state index >= 15 is 0 Å². The quantitative estimate of drug-likeness (QED) is 0.0292. The van der Waals surface area contributed by atoms with Crippen molar-refractivity contribution < 1.29 is 23.5 Å². The summed E-state index contributed by atoms with van der Waals surface area (Å²) < 4.78 is 12.3. The van der Waals surface area contributed by atoms with E-state index in [9.17, 15) is 9.59 Å². The van der Waals surface area contributed by atoms with Gasteiger partial charge in [0.1, 0.15) is 13.2 Å². The molecule has 1 unspecified atom stereocenters. The number of nitrogens with zero attached hydrogens (tertiary/aromatic N) is 1. The number of allylic oxidation sites excluding steroid dienone is 4. The first-order valence-corrected chi connectivity index (χ1v) is 21.3. The first-order chi connectivity index (χ1) is 23.9. The molecule has 1 aliphatic heterocycles. The fourth-order valence-electron chi connectivity index (χ4n) is 7.24. The Bertz CT molecular complexity index is 769. The normalized spacial score (nSPS) is 17.4. The van der Waals surface area contributed by atoms with Gasteiger partial charge in [0.15, 0.2) is 0 Å². The fraction of sp³-hybridized carbons (Fsp3) is 0.864. The van der Waals surface area contributed by atoms with E-state index in [1.165, 1.54) is 141 Å². The first-order valence-electron chi connectivity index (χ1n) is 21.3. The summed E-state index contributed by atoms with van der Waals surface area (Å²) in [6, 6.07) is 0. The maximum atomic E-state index is 12.5. The summed E-state index contributed by atoms with van der Waals surface area (Å²) in [5.41, 5.74) is 0. The lowest BCUT2D eigenvalue weighted by molar-refractivity contribution is -0.880. The van der Waals surface area contributed by atoms with Crippen LogP contribution < -0.4 is 0 Å². The molecule has 0 aromatic carbocycles. The van der Waals surface area contributed by atoms with Gasteiger partial charge in [-0.25, -0.2) is 0 Å². The summed E-state index contributed by atoms with van der Waals surface area (Å²) in [4.78, 5) is 24.9. The van der Waals surface area contributed by atoms with Gasteiger partial charge in [0.2, 0.25) is 0 Å². The summed E-state index contributed by atoms with van der Waals surface area (Å²) >= 11 is 0. The molecule has 0 aromatic rings. The van der Waals surface area contributed by atoms with E-state index in [-0.39, 0.29) is 23.8 Å². The molecule has 5 heteroatoms. The standard InChI is InChI=1S/C44H82NO4/c1-5-7-9-11-13-15-17-19-21-23-25-27-29-31-33-35-43(46)48-39-41-37-45(3,4)38-42(41)40-49-44(47)36-34-32-30-28-26-24-22-20-18-16-14-12-10-8-6-2/h19-22,41-42H,5-18,23-40H2,1-4H3/q+1/t41-,42?/m0/s1. The van der Waals surface area contributed by atoms with Crippen LogP contribution in [-0.2, 0) is 19.1 Å². The lowest BCUT2D eigenvalue weighted by atomic mass is 9.98. The second kappa shape index (κ2) is 32.3. The fourth-order valence-corrected chi connectivity index (χ4v) is 7.24. The molecule has 1 saturated heterocycles. The highest BCUT2D eigenvalue weighted by Gasteiger charge is 2.41. The van der Waals surface area contributed by atoms with Crippen molar-refractivity contribution in [2.75, 3.05) is 40.4 Å². The molecule has 286 valence electrons. The summed E-state index contributed by atoms with van der Waals surface area (Å²) in [5, 5.41) is 0. The lowest BCUT2D eigenvalue weighted by Crippen LogP contribution is -2.37. The van der Waals surface area contributed by atoms with E-state index in [2.05, 4.69) is 52.2 Å². The molecule has 1 fully saturated rings. The van der Waals surface area contributed by atoms with Gasteiger partial charge in [0, 0.05) is 12.8 Å². The highest BCUT2D eigenvalue weighted by molar-refractivity contribution is 5.69. The summed E-state index contributed by atoms with van der Waals surface area (Å²) in [6.45, 7) is 7.35. The van der Waals surface area contributed by atoms with Crippen molar-refractivity contribution in [1.82, 2.24) is 0 Å². The van der Waals surface area contributed by atoms with Crippen LogP contribution in [0.3, 0.4) is 0 Å². The third-order valence-electron chi connectivity index (χ3n) is 10.3. The minimum Gasteiger partial charge on any atom is -0.465 e. The highest BCUT2D eigenvalue weighted by Crippen LogP contribution is 2.28. The molecular weight excluding hydrogens is 606 g/mol. The summed E-state index contributed by atoms with van der Waals surface area (Å²) in [6.07, 6.45) is 43.1. The van der Waals surface area contributed by atoms with Crippen LogP contribution in [0.5, 0.6) is 0 Å². The minimum atomic E-state index is -0.0743. The Morgan fingerprint density at radius 2 is 0.755 bits per heavy atom. The molecule has 5 nitrogen and oxygen atoms in total. The van der Waals surface area contributed by atoms with Crippen molar-refractivity contribution in [2.45, 2.75) is 194 Å². The monoisotopic (exact) mass is 689 g/mol. The number of esters is 2. The van der Waals surface area contributed by atoms with Crippen molar-refractivity contribution in [2.24, 2.45) is 11.8 Å². The van der Waals surface area contributed by atoms with Gasteiger partial charge in [-0.15, -0.1) is 0 Å². The Morgan fingerprint density at radius 1 is 0.469 bits per heavy atom. The highest BCUT2D eigenvalue weighted by atomic mass is 16.5. The van der Waals surface area contributed by atoms with Crippen molar-refractivity contribution in [3.05, 3.63) is 24.3 Å². The molecule has 0 amide bonds. The molecule has 0 saturated carbocycles. The van der Waals surface area contributed by atoms with Gasteiger partial charge in [-0.1, -0.05) is 141 Å². The van der Waals surface area contributed by atoms with Gasteiger partial charge in [-0.05, 0) is 64.2 Å². The van der Waals surface area contributed by atoms with Crippen molar-refractivity contribution in [3.63, 3.8) is 0 Å². The number of hydrogen-bond acceptors (Lipinski definition) is 4. The smallest absolute Gasteiger partial charge is 0.305 e. The van der Waals surface area contributed by atoms with Crippen LogP contribution in [-0.4, -0.2) is 56.8 Å². The molecule has 0 radical (unpaired) electrons. The number of unbranched alkanes of at least 4 members (excludes halogenated alkanes) is 22. The minimum absolute atomic E-state index is 0.0743. The Balaban J connectivity index is 2.04. The van der Waals surface area contributed by atoms with Gasteiger partial charge in [-0.2, -0.15) is 0 Å². The molecule has 2 atom stereocenters. The predicted molar refractivity (Wildman–Crippen MR) is 210 cm³/mol. The van der Waals surface area contributed by atoms with E-state index in [0.717, 1.165) is 43.3 Å². The Labute approximate surface area is 305 Å². The Kier molecular flexibility index (Phi) is 29.9. The number of quaternary nitrogens is 1. The number of likely N-dealkylation sites (tertiary alicyclic amines) is 1. The Hall–Kier alpha value is -1.62. The maximum Gasteiger partial charge on any atom is 0.305 e. The van der Waals surface area contributed by atoms with Crippen LogP contribution in [0.15, 0.2) is 24.3 Å². The molecule has 0 aromatic heterocycles. The van der Waals surface area contributed by atoms with Gasteiger partial charge >= 0.3 is 11.9 Å². The van der Waals surface area contributed by atoms with Crippen molar-refractivity contribution >= 4 is 11.9 Å². The van der Waals surface area contributed by atoms with Crippen LogP contribution in [0, 0.1) is 11.8 Å². The predicted octanol–water partition coefficient (Wildman–Crippen LogP) is 12.5. The number of carbonyl (C=O) groups excluding carboxylic acids is 2. The van der Waals surface area contributed by atoms with Gasteiger partial charge in [0.25, 0.3) is 0 Å². The van der Waals surface area contributed by atoms with E-state index < -0.39 is 0 Å². The van der Waals surface area contributed by atoms with E-state index in [1.54, 1.807) is 0 Å². The van der Waals surface area contributed by atoms with Crippen molar-refractivity contribution in [1.29, 1.82) is 0 Å². The van der Waals surface area contributed by atoms with Crippen LogP contribution in [0.25, 0.3) is 0 Å².